The zero-order valence-corrected chi connectivity index (χ0v) is 18.7. The number of nitrogens with one attached hydrogen (secondary N) is 1. The monoisotopic (exact) mass is 435 g/mol. The van der Waals surface area contributed by atoms with Crippen LogP contribution in [0.4, 0.5) is 0 Å². The summed E-state index contributed by atoms with van der Waals surface area (Å²) in [4.78, 5) is 26.6. The van der Waals surface area contributed by atoms with Crippen LogP contribution in [0.1, 0.15) is 36.5 Å². The minimum absolute atomic E-state index is 0.191. The van der Waals surface area contributed by atoms with Crippen LogP contribution in [0.15, 0.2) is 76.0 Å². The minimum atomic E-state index is -0.522. The summed E-state index contributed by atoms with van der Waals surface area (Å²) in [6.07, 6.45) is 0. The zero-order valence-electron chi connectivity index (χ0n) is 17.9. The molecule has 0 aromatic heterocycles. The van der Waals surface area contributed by atoms with E-state index in [1.165, 1.54) is 11.1 Å². The Labute approximate surface area is 186 Å². The van der Waals surface area contributed by atoms with E-state index >= 15 is 0 Å². The highest BCUT2D eigenvalue weighted by Crippen LogP contribution is 2.44. The van der Waals surface area contributed by atoms with Gasteiger partial charge in [0.2, 0.25) is 0 Å². The lowest BCUT2D eigenvalue weighted by molar-refractivity contribution is -0.138. The Hall–Kier alpha value is -2.99. The first kappa shape index (κ1) is 21.2. The van der Waals surface area contributed by atoms with Gasteiger partial charge in [0.1, 0.15) is 6.61 Å². The number of carbonyl (C=O) groups excluding carboxylic acids is 2. The van der Waals surface area contributed by atoms with Gasteiger partial charge in [-0.05, 0) is 43.5 Å². The van der Waals surface area contributed by atoms with Gasteiger partial charge in [0.15, 0.2) is 0 Å². The summed E-state index contributed by atoms with van der Waals surface area (Å²) in [5.41, 5.74) is 5.78. The van der Waals surface area contributed by atoms with Crippen LogP contribution < -0.4 is 5.32 Å². The number of hydrogen-bond acceptors (Lipinski definition) is 6. The molecule has 2 heterocycles. The van der Waals surface area contributed by atoms with Crippen molar-refractivity contribution in [3.05, 3.63) is 87.8 Å². The third-order valence-corrected chi connectivity index (χ3v) is 6.72. The second-order valence-electron chi connectivity index (χ2n) is 7.54. The highest BCUT2D eigenvalue weighted by atomic mass is 32.2. The van der Waals surface area contributed by atoms with Gasteiger partial charge in [-0.25, -0.2) is 9.59 Å². The topological polar surface area (TPSA) is 64.6 Å². The number of ether oxygens (including phenoxy) is 2. The van der Waals surface area contributed by atoms with Gasteiger partial charge < -0.3 is 14.8 Å². The third-order valence-electron chi connectivity index (χ3n) is 5.58. The van der Waals surface area contributed by atoms with Crippen molar-refractivity contribution in [1.82, 2.24) is 5.32 Å². The average molecular weight is 436 g/mol. The number of esters is 2. The van der Waals surface area contributed by atoms with Crippen molar-refractivity contribution in [2.75, 3.05) is 13.2 Å². The van der Waals surface area contributed by atoms with Crippen molar-refractivity contribution in [2.45, 2.75) is 37.3 Å². The molecule has 0 amide bonds. The lowest BCUT2D eigenvalue weighted by Gasteiger charge is -2.28. The molecular weight excluding hydrogens is 410 g/mol. The first-order chi connectivity index (χ1) is 15.0. The summed E-state index contributed by atoms with van der Waals surface area (Å²) >= 11 is 1.70. The Morgan fingerprint density at radius 2 is 1.90 bits per heavy atom. The SMILES string of the molecule is CCOC(=O)C1=C(C)NC2=C(C(=O)OC2)C1c1ccccc1SCc1ccccc1C. The standard InChI is InChI=1S/C25H25NO4S/c1-4-29-24(27)21-16(3)26-19-13-30-25(28)23(19)22(21)18-11-7-8-12-20(18)31-14-17-10-6-5-9-15(17)2/h5-12,22,26H,4,13-14H2,1-3H3. The number of allylic oxidation sites excluding steroid dienone is 1. The van der Waals surface area contributed by atoms with Crippen molar-refractivity contribution in [2.24, 2.45) is 0 Å². The molecule has 0 bridgehead atoms. The summed E-state index contributed by atoms with van der Waals surface area (Å²) in [5, 5.41) is 3.19. The van der Waals surface area contributed by atoms with E-state index in [1.54, 1.807) is 18.7 Å². The van der Waals surface area contributed by atoms with E-state index in [9.17, 15) is 9.59 Å². The molecule has 0 aliphatic carbocycles. The lowest BCUT2D eigenvalue weighted by Crippen LogP contribution is -2.30. The first-order valence-electron chi connectivity index (χ1n) is 10.3. The Kier molecular flexibility index (Phi) is 6.18. The molecule has 2 aliphatic rings. The van der Waals surface area contributed by atoms with Crippen LogP contribution in [-0.4, -0.2) is 25.2 Å². The molecule has 160 valence electrons. The van der Waals surface area contributed by atoms with Crippen LogP contribution in [0.3, 0.4) is 0 Å². The molecule has 1 atom stereocenters. The molecule has 2 aromatic rings. The van der Waals surface area contributed by atoms with Gasteiger partial charge in [-0.1, -0.05) is 42.5 Å². The Bertz CT molecular complexity index is 1100. The summed E-state index contributed by atoms with van der Waals surface area (Å²) < 4.78 is 10.7. The minimum Gasteiger partial charge on any atom is -0.463 e. The lowest BCUT2D eigenvalue weighted by atomic mass is 9.81. The van der Waals surface area contributed by atoms with E-state index in [0.717, 1.165) is 21.9 Å². The number of thioether (sulfide) groups is 1. The van der Waals surface area contributed by atoms with E-state index in [0.29, 0.717) is 16.8 Å². The van der Waals surface area contributed by atoms with Crippen LogP contribution in [0, 0.1) is 6.92 Å². The zero-order chi connectivity index (χ0) is 22.0. The molecule has 0 spiro atoms. The fourth-order valence-corrected chi connectivity index (χ4v) is 5.20. The molecule has 5 nitrogen and oxygen atoms in total. The number of benzene rings is 2. The number of dihydropyridines is 1. The van der Waals surface area contributed by atoms with Crippen molar-refractivity contribution >= 4 is 23.7 Å². The molecule has 0 fully saturated rings. The Morgan fingerprint density at radius 1 is 1.16 bits per heavy atom. The van der Waals surface area contributed by atoms with E-state index in [-0.39, 0.29) is 19.2 Å². The summed E-state index contributed by atoms with van der Waals surface area (Å²) in [7, 11) is 0. The number of carbonyl (C=O) groups is 2. The van der Waals surface area contributed by atoms with Crippen molar-refractivity contribution in [3.8, 4) is 0 Å². The van der Waals surface area contributed by atoms with Crippen LogP contribution in [0.25, 0.3) is 0 Å². The highest BCUT2D eigenvalue weighted by Gasteiger charge is 2.42. The van der Waals surface area contributed by atoms with Crippen LogP contribution in [0.5, 0.6) is 0 Å². The van der Waals surface area contributed by atoms with E-state index in [1.807, 2.05) is 43.3 Å². The van der Waals surface area contributed by atoms with Gasteiger partial charge in [-0.2, -0.15) is 0 Å². The second kappa shape index (κ2) is 9.02. The van der Waals surface area contributed by atoms with E-state index < -0.39 is 11.9 Å². The number of hydrogen-bond donors (Lipinski definition) is 1. The molecule has 0 saturated carbocycles. The average Bonchev–Trinajstić information content (AvgIpc) is 3.12. The maximum atomic E-state index is 12.9. The van der Waals surface area contributed by atoms with E-state index in [4.69, 9.17) is 9.47 Å². The maximum Gasteiger partial charge on any atom is 0.337 e. The number of cyclic esters (lactones) is 1. The number of aryl methyl sites for hydroxylation is 1. The quantitative estimate of drug-likeness (QED) is 0.528. The van der Waals surface area contributed by atoms with Gasteiger partial charge in [0.05, 0.1) is 29.4 Å². The molecular formula is C25H25NO4S. The molecule has 1 unspecified atom stereocenters. The third kappa shape index (κ3) is 4.12. The molecule has 0 radical (unpaired) electrons. The van der Waals surface area contributed by atoms with Gasteiger partial charge in [-0.15, -0.1) is 11.8 Å². The molecule has 2 aromatic carbocycles. The molecule has 2 aliphatic heterocycles. The van der Waals surface area contributed by atoms with Crippen LogP contribution in [-0.2, 0) is 24.8 Å². The number of rotatable bonds is 6. The van der Waals surface area contributed by atoms with Crippen LogP contribution >= 0.6 is 11.8 Å². The molecule has 4 rings (SSSR count). The fourth-order valence-electron chi connectivity index (χ4n) is 4.04. The molecule has 0 saturated heterocycles. The normalized spacial score (nSPS) is 17.9. The van der Waals surface area contributed by atoms with Crippen molar-refractivity contribution in [1.29, 1.82) is 0 Å². The Balaban J connectivity index is 1.76. The largest absolute Gasteiger partial charge is 0.463 e. The molecule has 1 N–H and O–H groups in total. The van der Waals surface area contributed by atoms with Crippen LogP contribution in [0.2, 0.25) is 0 Å². The second-order valence-corrected chi connectivity index (χ2v) is 8.56. The smallest absolute Gasteiger partial charge is 0.337 e. The van der Waals surface area contributed by atoms with Crippen molar-refractivity contribution < 1.29 is 19.1 Å². The maximum absolute atomic E-state index is 12.9. The Morgan fingerprint density at radius 3 is 2.68 bits per heavy atom. The fraction of sp³-hybridized carbons (Fsp3) is 0.280. The van der Waals surface area contributed by atoms with Gasteiger partial charge in [0.25, 0.3) is 0 Å². The van der Waals surface area contributed by atoms with Gasteiger partial charge in [0, 0.05) is 16.3 Å². The molecule has 6 heteroatoms. The first-order valence-corrected chi connectivity index (χ1v) is 11.3. The predicted octanol–water partition coefficient (Wildman–Crippen LogP) is 4.62. The summed E-state index contributed by atoms with van der Waals surface area (Å²) in [5.74, 6) is -0.531. The molecule has 31 heavy (non-hydrogen) atoms. The van der Waals surface area contributed by atoms with Crippen molar-refractivity contribution in [3.63, 3.8) is 0 Å². The summed E-state index contributed by atoms with van der Waals surface area (Å²) in [6.45, 7) is 6.18. The van der Waals surface area contributed by atoms with Gasteiger partial charge in [-0.3, -0.25) is 0 Å². The highest BCUT2D eigenvalue weighted by molar-refractivity contribution is 7.98. The van der Waals surface area contributed by atoms with E-state index in [2.05, 4.69) is 24.4 Å². The predicted molar refractivity (Wildman–Crippen MR) is 120 cm³/mol. The van der Waals surface area contributed by atoms with Gasteiger partial charge >= 0.3 is 11.9 Å². The summed E-state index contributed by atoms with van der Waals surface area (Å²) in [6, 6.07) is 16.2.